The Morgan fingerprint density at radius 3 is 2.55 bits per heavy atom. The number of aliphatic hydroxyl groups is 1. The van der Waals surface area contributed by atoms with Crippen molar-refractivity contribution < 1.29 is 24.2 Å². The molecule has 2 unspecified atom stereocenters. The molecule has 1 aromatic rings. The average Bonchev–Trinajstić information content (AvgIpc) is 3.34. The molecule has 2 bridgehead atoms. The van der Waals surface area contributed by atoms with Crippen molar-refractivity contribution in [2.75, 3.05) is 11.9 Å². The smallest absolute Gasteiger partial charge is 0.246 e. The lowest BCUT2D eigenvalue weighted by atomic mass is 9.70. The number of rotatable bonds is 5. The number of aliphatic hydroxyl groups excluding tert-OH is 1. The topological polar surface area (TPSA) is 108 Å². The predicted octanol–water partition coefficient (Wildman–Crippen LogP) is 1.30. The average molecular weight is 430 g/mol. The van der Waals surface area contributed by atoms with Gasteiger partial charge >= 0.3 is 0 Å². The summed E-state index contributed by atoms with van der Waals surface area (Å²) in [5.74, 6) is -2.31. The van der Waals surface area contributed by atoms with Crippen LogP contribution in [0.15, 0.2) is 30.3 Å². The highest BCUT2D eigenvalue weighted by molar-refractivity contribution is 6.02. The number of benzene rings is 1. The number of nitrogens with one attached hydrogen (secondary N) is 2. The largest absolute Gasteiger partial charge is 0.394 e. The Morgan fingerprint density at radius 1 is 1.26 bits per heavy atom. The van der Waals surface area contributed by atoms with E-state index in [1.807, 2.05) is 39.0 Å². The first-order chi connectivity index (χ1) is 14.6. The fraction of sp³-hybridized carbons (Fsp3) is 0.609. The van der Waals surface area contributed by atoms with Crippen LogP contribution in [0.2, 0.25) is 0 Å². The standard InChI is InChI=1S/C23H31N3O5/c1-13(12-27)26-18(20(29)25-22(2,3)4)23-11-10-15(31-23)16(17(23)21(26)30)19(28)24-14-8-6-5-7-9-14/h5-9,13,15-18,27H,10-12H2,1-4H3,(H,24,28)(H,25,29)/t13-,15-,16+,17+,18?,23?/m1/s1. The second-order valence-corrected chi connectivity index (χ2v) is 9.93. The SMILES string of the molecule is C[C@H](CO)N1C(=O)[C@@H]2[C@@H](C(=O)Nc3ccccc3)[C@H]3CCC2(O3)C1C(=O)NC(C)(C)C. The van der Waals surface area contributed by atoms with Gasteiger partial charge < -0.3 is 25.4 Å². The summed E-state index contributed by atoms with van der Waals surface area (Å²) < 4.78 is 6.33. The maximum Gasteiger partial charge on any atom is 0.246 e. The van der Waals surface area contributed by atoms with E-state index in [0.29, 0.717) is 18.5 Å². The summed E-state index contributed by atoms with van der Waals surface area (Å²) in [6.07, 6.45) is 0.728. The molecule has 0 aromatic heterocycles. The molecule has 168 valence electrons. The summed E-state index contributed by atoms with van der Waals surface area (Å²) in [5.41, 5.74) is -0.902. The van der Waals surface area contributed by atoms with Gasteiger partial charge in [0.15, 0.2) is 0 Å². The molecule has 0 radical (unpaired) electrons. The lowest BCUT2D eigenvalue weighted by Gasteiger charge is -2.37. The zero-order chi connectivity index (χ0) is 22.6. The van der Waals surface area contributed by atoms with Gasteiger partial charge in [0, 0.05) is 11.2 Å². The molecule has 3 heterocycles. The summed E-state index contributed by atoms with van der Waals surface area (Å²) >= 11 is 0. The molecule has 4 rings (SSSR count). The molecule has 31 heavy (non-hydrogen) atoms. The van der Waals surface area contributed by atoms with Crippen molar-refractivity contribution in [1.82, 2.24) is 10.2 Å². The Morgan fingerprint density at radius 2 is 1.94 bits per heavy atom. The first-order valence-electron chi connectivity index (χ1n) is 10.9. The van der Waals surface area contributed by atoms with E-state index >= 15 is 0 Å². The zero-order valence-electron chi connectivity index (χ0n) is 18.4. The van der Waals surface area contributed by atoms with Gasteiger partial charge in [0.25, 0.3) is 0 Å². The van der Waals surface area contributed by atoms with E-state index < -0.39 is 41.2 Å². The number of anilines is 1. The number of carbonyl (C=O) groups excluding carboxylic acids is 3. The van der Waals surface area contributed by atoms with Gasteiger partial charge in [-0.25, -0.2) is 0 Å². The van der Waals surface area contributed by atoms with Crippen LogP contribution in [0.25, 0.3) is 0 Å². The summed E-state index contributed by atoms with van der Waals surface area (Å²) in [4.78, 5) is 41.6. The molecule has 1 aromatic carbocycles. The number of nitrogens with zero attached hydrogens (tertiary/aromatic N) is 1. The Bertz CT molecular complexity index is 883. The van der Waals surface area contributed by atoms with Crippen LogP contribution < -0.4 is 10.6 Å². The molecule has 1 spiro atoms. The van der Waals surface area contributed by atoms with Crippen LogP contribution in [0.3, 0.4) is 0 Å². The van der Waals surface area contributed by atoms with Gasteiger partial charge in [0.1, 0.15) is 11.6 Å². The van der Waals surface area contributed by atoms with Crippen LogP contribution in [0.4, 0.5) is 5.69 Å². The van der Waals surface area contributed by atoms with E-state index in [-0.39, 0.29) is 24.3 Å². The number of carbonyl (C=O) groups is 3. The summed E-state index contributed by atoms with van der Waals surface area (Å²) in [6, 6.07) is 7.64. The highest BCUT2D eigenvalue weighted by Crippen LogP contribution is 2.58. The van der Waals surface area contributed by atoms with Gasteiger partial charge in [0.05, 0.1) is 30.6 Å². The van der Waals surface area contributed by atoms with Crippen LogP contribution in [0, 0.1) is 11.8 Å². The minimum Gasteiger partial charge on any atom is -0.394 e. The molecular formula is C23H31N3O5. The molecule has 0 aliphatic carbocycles. The van der Waals surface area contributed by atoms with E-state index in [4.69, 9.17) is 4.74 Å². The van der Waals surface area contributed by atoms with Gasteiger partial charge in [-0.1, -0.05) is 18.2 Å². The molecule has 6 atom stereocenters. The van der Waals surface area contributed by atoms with Crippen molar-refractivity contribution in [3.8, 4) is 0 Å². The minimum absolute atomic E-state index is 0.274. The predicted molar refractivity (Wildman–Crippen MR) is 114 cm³/mol. The van der Waals surface area contributed by atoms with E-state index in [1.165, 1.54) is 4.90 Å². The summed E-state index contributed by atoms with van der Waals surface area (Å²) in [5, 5.41) is 15.7. The van der Waals surface area contributed by atoms with E-state index in [9.17, 15) is 19.5 Å². The number of fused-ring (bicyclic) bond motifs is 1. The fourth-order valence-corrected chi connectivity index (χ4v) is 5.44. The molecule has 8 nitrogen and oxygen atoms in total. The van der Waals surface area contributed by atoms with Gasteiger partial charge in [-0.15, -0.1) is 0 Å². The fourth-order valence-electron chi connectivity index (χ4n) is 5.44. The molecule has 8 heteroatoms. The Balaban J connectivity index is 1.69. The van der Waals surface area contributed by atoms with Gasteiger partial charge in [-0.2, -0.15) is 0 Å². The van der Waals surface area contributed by atoms with Crippen molar-refractivity contribution in [1.29, 1.82) is 0 Å². The molecule has 3 saturated heterocycles. The van der Waals surface area contributed by atoms with Gasteiger partial charge in [0.2, 0.25) is 17.7 Å². The molecular weight excluding hydrogens is 398 g/mol. The van der Waals surface area contributed by atoms with Crippen LogP contribution in [-0.2, 0) is 19.1 Å². The van der Waals surface area contributed by atoms with E-state index in [1.54, 1.807) is 19.1 Å². The summed E-state index contributed by atoms with van der Waals surface area (Å²) in [6.45, 7) is 7.05. The highest BCUT2D eigenvalue weighted by Gasteiger charge is 2.74. The molecule has 3 aliphatic rings. The zero-order valence-corrected chi connectivity index (χ0v) is 18.4. The van der Waals surface area contributed by atoms with Crippen LogP contribution in [-0.4, -0.2) is 63.7 Å². The van der Waals surface area contributed by atoms with Crippen molar-refractivity contribution in [2.45, 2.75) is 69.9 Å². The number of hydrogen-bond donors (Lipinski definition) is 3. The second-order valence-electron chi connectivity index (χ2n) is 9.93. The minimum atomic E-state index is -1.06. The summed E-state index contributed by atoms with van der Waals surface area (Å²) in [7, 11) is 0. The maximum absolute atomic E-state index is 13.6. The number of ether oxygens (including phenoxy) is 1. The Labute approximate surface area is 182 Å². The number of hydrogen-bond acceptors (Lipinski definition) is 5. The van der Waals surface area contributed by atoms with E-state index in [0.717, 1.165) is 0 Å². The number of likely N-dealkylation sites (tertiary alicyclic amines) is 1. The third-order valence-corrected chi connectivity index (χ3v) is 6.57. The van der Waals surface area contributed by atoms with Crippen molar-refractivity contribution in [3.05, 3.63) is 30.3 Å². The van der Waals surface area contributed by atoms with Crippen LogP contribution >= 0.6 is 0 Å². The normalized spacial score (nSPS) is 32.7. The third kappa shape index (κ3) is 3.51. The monoisotopic (exact) mass is 429 g/mol. The third-order valence-electron chi connectivity index (χ3n) is 6.57. The first-order valence-corrected chi connectivity index (χ1v) is 10.9. The first kappa shape index (κ1) is 21.8. The Hall–Kier alpha value is -2.45. The van der Waals surface area contributed by atoms with Crippen LogP contribution in [0.1, 0.15) is 40.5 Å². The van der Waals surface area contributed by atoms with E-state index in [2.05, 4.69) is 10.6 Å². The van der Waals surface area contributed by atoms with Gasteiger partial charge in [-0.3, -0.25) is 14.4 Å². The second kappa shape index (κ2) is 7.60. The quantitative estimate of drug-likeness (QED) is 0.654. The number of amides is 3. The molecule has 3 aliphatic heterocycles. The lowest BCUT2D eigenvalue weighted by molar-refractivity contribution is -0.145. The lowest BCUT2D eigenvalue weighted by Crippen LogP contribution is -2.60. The maximum atomic E-state index is 13.6. The van der Waals surface area contributed by atoms with Crippen LogP contribution in [0.5, 0.6) is 0 Å². The highest BCUT2D eigenvalue weighted by atomic mass is 16.5. The molecule has 3 amide bonds. The molecule has 3 N–H and O–H groups in total. The molecule has 3 fully saturated rings. The van der Waals surface area contributed by atoms with Crippen molar-refractivity contribution >= 4 is 23.4 Å². The molecule has 0 saturated carbocycles. The van der Waals surface area contributed by atoms with Gasteiger partial charge in [-0.05, 0) is 52.7 Å². The van der Waals surface area contributed by atoms with Crippen molar-refractivity contribution in [3.63, 3.8) is 0 Å². The van der Waals surface area contributed by atoms with Crippen molar-refractivity contribution in [2.24, 2.45) is 11.8 Å². The Kier molecular flexibility index (Phi) is 5.34. The number of para-hydroxylation sites is 1.